The van der Waals surface area contributed by atoms with Crippen molar-refractivity contribution >= 4 is 0 Å². The maximum Gasteiger partial charge on any atom is 0.109 e. The molecule has 1 aromatic heterocycles. The molecular formula is C19H33NO. The number of nitrogens with one attached hydrogen (secondary N) is 1. The van der Waals surface area contributed by atoms with Gasteiger partial charge in [-0.25, -0.2) is 0 Å². The summed E-state index contributed by atoms with van der Waals surface area (Å²) in [5.41, 5.74) is 1.74. The highest BCUT2D eigenvalue weighted by atomic mass is 16.3. The fourth-order valence-corrected chi connectivity index (χ4v) is 3.64. The van der Waals surface area contributed by atoms with Crippen LogP contribution in [0.2, 0.25) is 0 Å². The Morgan fingerprint density at radius 3 is 2.81 bits per heavy atom. The predicted molar refractivity (Wildman–Crippen MR) is 89.6 cm³/mol. The number of hydrogen-bond acceptors (Lipinski definition) is 2. The van der Waals surface area contributed by atoms with Gasteiger partial charge in [0, 0.05) is 24.1 Å². The van der Waals surface area contributed by atoms with E-state index in [0.717, 1.165) is 12.2 Å². The predicted octanol–water partition coefficient (Wildman–Crippen LogP) is 5.55. The normalized spacial score (nSPS) is 22.0. The molecule has 2 unspecified atom stereocenters. The highest BCUT2D eigenvalue weighted by Gasteiger charge is 2.35. The van der Waals surface area contributed by atoms with Crippen LogP contribution >= 0.6 is 0 Å². The van der Waals surface area contributed by atoms with Crippen LogP contribution in [-0.4, -0.2) is 6.04 Å². The summed E-state index contributed by atoms with van der Waals surface area (Å²) in [7, 11) is 0. The zero-order valence-electron chi connectivity index (χ0n) is 14.6. The van der Waals surface area contributed by atoms with Crippen LogP contribution in [0.1, 0.15) is 89.3 Å². The number of aryl methyl sites for hydroxylation is 1. The van der Waals surface area contributed by atoms with E-state index in [-0.39, 0.29) is 0 Å². The van der Waals surface area contributed by atoms with Crippen molar-refractivity contribution in [2.24, 2.45) is 5.41 Å². The molecule has 21 heavy (non-hydrogen) atoms. The number of unbranched alkanes of at least 4 members (excludes halogenated alkanes) is 3. The van der Waals surface area contributed by atoms with E-state index in [4.69, 9.17) is 4.42 Å². The van der Waals surface area contributed by atoms with Gasteiger partial charge in [-0.2, -0.15) is 0 Å². The van der Waals surface area contributed by atoms with Crippen LogP contribution in [0.25, 0.3) is 0 Å². The van der Waals surface area contributed by atoms with Crippen LogP contribution in [0.5, 0.6) is 0 Å². The Labute approximate surface area is 130 Å². The van der Waals surface area contributed by atoms with E-state index < -0.39 is 0 Å². The fraction of sp³-hybridized carbons (Fsp3) is 0.789. The molecule has 0 bridgehead atoms. The van der Waals surface area contributed by atoms with Gasteiger partial charge in [0.15, 0.2) is 0 Å². The summed E-state index contributed by atoms with van der Waals surface area (Å²) < 4.78 is 5.93. The number of fused-ring (bicyclic) bond motifs is 1. The molecule has 0 fully saturated rings. The van der Waals surface area contributed by atoms with Gasteiger partial charge in [0.25, 0.3) is 0 Å². The zero-order chi connectivity index (χ0) is 15.5. The van der Waals surface area contributed by atoms with Gasteiger partial charge in [-0.3, -0.25) is 0 Å². The fourth-order valence-electron chi connectivity index (χ4n) is 3.64. The van der Waals surface area contributed by atoms with Crippen molar-refractivity contribution in [3.05, 3.63) is 23.2 Å². The van der Waals surface area contributed by atoms with Crippen LogP contribution < -0.4 is 5.32 Å². The highest BCUT2D eigenvalue weighted by Crippen LogP contribution is 2.42. The Balaban J connectivity index is 1.95. The summed E-state index contributed by atoms with van der Waals surface area (Å²) in [5, 5.41) is 3.86. The average molecular weight is 291 g/mol. The largest absolute Gasteiger partial charge is 0.466 e. The van der Waals surface area contributed by atoms with Crippen molar-refractivity contribution in [3.63, 3.8) is 0 Å². The van der Waals surface area contributed by atoms with Crippen molar-refractivity contribution in [1.82, 2.24) is 5.32 Å². The van der Waals surface area contributed by atoms with E-state index in [1.165, 1.54) is 49.8 Å². The molecule has 0 aromatic carbocycles. The quantitative estimate of drug-likeness (QED) is 0.666. The lowest BCUT2D eigenvalue weighted by molar-refractivity contribution is 0.224. The summed E-state index contributed by atoms with van der Waals surface area (Å²) in [4.78, 5) is 0. The van der Waals surface area contributed by atoms with Crippen LogP contribution in [0.3, 0.4) is 0 Å². The van der Waals surface area contributed by atoms with Crippen LogP contribution in [-0.2, 0) is 6.42 Å². The molecule has 1 N–H and O–H groups in total. The Hall–Kier alpha value is -0.760. The van der Waals surface area contributed by atoms with E-state index >= 15 is 0 Å². The molecule has 2 atom stereocenters. The van der Waals surface area contributed by atoms with Crippen molar-refractivity contribution < 1.29 is 4.42 Å². The summed E-state index contributed by atoms with van der Waals surface area (Å²) in [6.45, 7) is 11.4. The minimum atomic E-state index is 0.330. The molecule has 0 amide bonds. The third-order valence-corrected chi connectivity index (χ3v) is 4.71. The average Bonchev–Trinajstić information content (AvgIpc) is 2.73. The third-order valence-electron chi connectivity index (χ3n) is 4.71. The SMILES string of the molecule is CCCCCCC(C)NC1CC(C)(C)Cc2oc(C)cc21. The van der Waals surface area contributed by atoms with Gasteiger partial charge in [0.05, 0.1) is 0 Å². The third kappa shape index (κ3) is 4.60. The van der Waals surface area contributed by atoms with E-state index in [1.807, 2.05) is 0 Å². The zero-order valence-corrected chi connectivity index (χ0v) is 14.6. The van der Waals surface area contributed by atoms with E-state index in [1.54, 1.807) is 0 Å². The van der Waals surface area contributed by atoms with Crippen molar-refractivity contribution in [3.8, 4) is 0 Å². The smallest absolute Gasteiger partial charge is 0.109 e. The van der Waals surface area contributed by atoms with Gasteiger partial charge in [-0.1, -0.05) is 46.5 Å². The second-order valence-electron chi connectivity index (χ2n) is 7.75. The molecule has 1 heterocycles. The summed E-state index contributed by atoms with van der Waals surface area (Å²) in [6, 6.07) is 3.29. The Kier molecular flexibility index (Phi) is 5.54. The maximum absolute atomic E-state index is 5.93. The maximum atomic E-state index is 5.93. The lowest BCUT2D eigenvalue weighted by Gasteiger charge is -2.36. The van der Waals surface area contributed by atoms with Gasteiger partial charge >= 0.3 is 0 Å². The van der Waals surface area contributed by atoms with E-state index in [2.05, 4.69) is 46.0 Å². The molecule has 0 aliphatic heterocycles. The molecular weight excluding hydrogens is 258 g/mol. The van der Waals surface area contributed by atoms with Crippen molar-refractivity contribution in [1.29, 1.82) is 0 Å². The number of rotatable bonds is 7. The minimum Gasteiger partial charge on any atom is -0.466 e. The molecule has 1 aliphatic rings. The summed E-state index contributed by atoms with van der Waals surface area (Å²) in [6.07, 6.45) is 8.95. The molecule has 0 saturated carbocycles. The molecule has 1 aromatic rings. The molecule has 2 nitrogen and oxygen atoms in total. The van der Waals surface area contributed by atoms with Gasteiger partial charge in [-0.05, 0) is 38.2 Å². The Morgan fingerprint density at radius 2 is 2.10 bits per heavy atom. The molecule has 120 valence electrons. The van der Waals surface area contributed by atoms with Gasteiger partial charge < -0.3 is 9.73 Å². The van der Waals surface area contributed by atoms with Gasteiger partial charge in [-0.15, -0.1) is 0 Å². The van der Waals surface area contributed by atoms with Crippen LogP contribution in [0.15, 0.2) is 10.5 Å². The van der Waals surface area contributed by atoms with Crippen LogP contribution in [0, 0.1) is 12.3 Å². The van der Waals surface area contributed by atoms with Crippen molar-refractivity contribution in [2.75, 3.05) is 0 Å². The van der Waals surface area contributed by atoms with E-state index in [0.29, 0.717) is 17.5 Å². The first-order valence-electron chi connectivity index (χ1n) is 8.76. The number of furan rings is 1. The Morgan fingerprint density at radius 1 is 1.33 bits per heavy atom. The number of hydrogen-bond donors (Lipinski definition) is 1. The van der Waals surface area contributed by atoms with Crippen molar-refractivity contribution in [2.45, 2.75) is 91.6 Å². The van der Waals surface area contributed by atoms with Gasteiger partial charge in [0.2, 0.25) is 0 Å². The lowest BCUT2D eigenvalue weighted by atomic mass is 9.74. The van der Waals surface area contributed by atoms with Gasteiger partial charge in [0.1, 0.15) is 11.5 Å². The monoisotopic (exact) mass is 291 g/mol. The Bertz CT molecular complexity index is 446. The topological polar surface area (TPSA) is 25.2 Å². The molecule has 0 saturated heterocycles. The molecule has 2 heteroatoms. The summed E-state index contributed by atoms with van der Waals surface area (Å²) >= 11 is 0. The molecule has 2 rings (SSSR count). The second-order valence-corrected chi connectivity index (χ2v) is 7.75. The first-order chi connectivity index (χ1) is 9.91. The summed E-state index contributed by atoms with van der Waals surface area (Å²) in [5.74, 6) is 2.26. The lowest BCUT2D eigenvalue weighted by Crippen LogP contribution is -2.37. The first-order valence-corrected chi connectivity index (χ1v) is 8.76. The van der Waals surface area contributed by atoms with Crippen LogP contribution in [0.4, 0.5) is 0 Å². The molecule has 1 aliphatic carbocycles. The molecule has 0 radical (unpaired) electrons. The molecule has 0 spiro atoms. The minimum absolute atomic E-state index is 0.330. The second kappa shape index (κ2) is 7.00. The first kappa shape index (κ1) is 16.6. The standard InChI is InChI=1S/C19H33NO/c1-6-7-8-9-10-14(2)20-17-12-19(4,5)13-18-16(17)11-15(3)21-18/h11,14,17,20H,6-10,12-13H2,1-5H3. The highest BCUT2D eigenvalue weighted by molar-refractivity contribution is 5.29. The van der Waals surface area contributed by atoms with E-state index in [9.17, 15) is 0 Å².